The van der Waals surface area contributed by atoms with Gasteiger partial charge in [-0.15, -0.1) is 0 Å². The fourth-order valence-corrected chi connectivity index (χ4v) is 3.37. The number of benzene rings is 1. The first kappa shape index (κ1) is 16.4. The van der Waals surface area contributed by atoms with Gasteiger partial charge in [0.25, 0.3) is 0 Å². The van der Waals surface area contributed by atoms with Gasteiger partial charge in [-0.2, -0.15) is 0 Å². The monoisotopic (exact) mass is 311 g/mol. The first-order valence-electron chi connectivity index (χ1n) is 7.79. The Morgan fingerprint density at radius 1 is 1.33 bits per heavy atom. The van der Waals surface area contributed by atoms with E-state index in [1.54, 1.807) is 7.11 Å². The minimum absolute atomic E-state index is 0.0265. The van der Waals surface area contributed by atoms with Gasteiger partial charge < -0.3 is 9.84 Å². The zero-order valence-corrected chi connectivity index (χ0v) is 14.0. The fourth-order valence-electron chi connectivity index (χ4n) is 3.14. The summed E-state index contributed by atoms with van der Waals surface area (Å²) in [5, 5.41) is 10.2. The minimum atomic E-state index is 0.0265. The van der Waals surface area contributed by atoms with Crippen molar-refractivity contribution in [1.29, 1.82) is 0 Å². The molecule has 0 aliphatic carbocycles. The number of aromatic hydroxyl groups is 1. The topological polar surface area (TPSA) is 32.7 Å². The maximum Gasteiger partial charge on any atom is 0.176 e. The van der Waals surface area contributed by atoms with E-state index >= 15 is 0 Å². The summed E-state index contributed by atoms with van der Waals surface area (Å²) in [6.07, 6.45) is 3.85. The van der Waals surface area contributed by atoms with Crippen LogP contribution in [0, 0.1) is 11.8 Å². The van der Waals surface area contributed by atoms with Crippen LogP contribution < -0.4 is 4.74 Å². The van der Waals surface area contributed by atoms with Gasteiger partial charge >= 0.3 is 0 Å². The Labute approximate surface area is 132 Å². The average molecular weight is 312 g/mol. The van der Waals surface area contributed by atoms with Crippen molar-refractivity contribution in [3.8, 4) is 11.5 Å². The molecule has 2 rings (SSSR count). The molecule has 1 aromatic rings. The van der Waals surface area contributed by atoms with Gasteiger partial charge in [0.05, 0.1) is 12.1 Å². The molecular weight excluding hydrogens is 286 g/mol. The highest BCUT2D eigenvalue weighted by Crippen LogP contribution is 2.35. The molecule has 1 N–H and O–H groups in total. The lowest BCUT2D eigenvalue weighted by Crippen LogP contribution is -2.24. The van der Waals surface area contributed by atoms with Gasteiger partial charge in [0.1, 0.15) is 0 Å². The highest BCUT2D eigenvalue weighted by atomic mass is 35.5. The van der Waals surface area contributed by atoms with Gasteiger partial charge in [-0.1, -0.05) is 25.4 Å². The van der Waals surface area contributed by atoms with Crippen LogP contribution in [-0.2, 0) is 6.54 Å². The number of phenols is 1. The van der Waals surface area contributed by atoms with Gasteiger partial charge in [-0.25, -0.2) is 0 Å². The van der Waals surface area contributed by atoms with Crippen molar-refractivity contribution >= 4 is 11.6 Å². The van der Waals surface area contributed by atoms with Gasteiger partial charge in [-0.05, 0) is 61.9 Å². The molecule has 0 aromatic heterocycles. The molecule has 1 unspecified atom stereocenters. The summed E-state index contributed by atoms with van der Waals surface area (Å²) in [6, 6.07) is 3.72. The molecule has 1 atom stereocenters. The van der Waals surface area contributed by atoms with E-state index in [1.165, 1.54) is 19.3 Å². The van der Waals surface area contributed by atoms with Crippen molar-refractivity contribution in [2.75, 3.05) is 20.2 Å². The maximum absolute atomic E-state index is 9.80. The molecule has 4 heteroatoms. The van der Waals surface area contributed by atoms with Crippen LogP contribution in [-0.4, -0.2) is 30.2 Å². The Morgan fingerprint density at radius 3 is 2.76 bits per heavy atom. The zero-order chi connectivity index (χ0) is 15.4. The predicted octanol–water partition coefficient (Wildman–Crippen LogP) is 4.31. The van der Waals surface area contributed by atoms with Crippen LogP contribution in [0.5, 0.6) is 11.5 Å². The van der Waals surface area contributed by atoms with E-state index in [0.717, 1.165) is 37.0 Å². The molecule has 1 aromatic carbocycles. The number of hydrogen-bond acceptors (Lipinski definition) is 3. The molecule has 1 saturated heterocycles. The van der Waals surface area contributed by atoms with Crippen molar-refractivity contribution in [1.82, 2.24) is 4.90 Å². The van der Waals surface area contributed by atoms with Crippen molar-refractivity contribution in [3.63, 3.8) is 0 Å². The Morgan fingerprint density at radius 2 is 2.10 bits per heavy atom. The molecular formula is C17H26ClNO2. The summed E-state index contributed by atoms with van der Waals surface area (Å²) in [4.78, 5) is 2.48. The molecule has 118 valence electrons. The molecule has 0 amide bonds. The second kappa shape index (κ2) is 7.37. The average Bonchev–Trinajstić information content (AvgIpc) is 2.68. The van der Waals surface area contributed by atoms with Gasteiger partial charge in [0, 0.05) is 6.54 Å². The molecule has 3 nitrogen and oxygen atoms in total. The number of methoxy groups -OCH3 is 1. The maximum atomic E-state index is 9.80. The molecule has 0 bridgehead atoms. The lowest BCUT2D eigenvalue weighted by molar-refractivity contribution is 0.264. The SMILES string of the molecule is COc1cc(CN2CCCC(C(C)C)CC2)cc(Cl)c1O. The molecule has 1 aliphatic rings. The van der Waals surface area contributed by atoms with Crippen LogP contribution in [0.4, 0.5) is 0 Å². The van der Waals surface area contributed by atoms with Crippen LogP contribution in [0.2, 0.25) is 5.02 Å². The van der Waals surface area contributed by atoms with Crippen LogP contribution in [0.25, 0.3) is 0 Å². The Bertz CT molecular complexity index is 476. The third-order valence-electron chi connectivity index (χ3n) is 4.52. The first-order chi connectivity index (χ1) is 10.0. The zero-order valence-electron chi connectivity index (χ0n) is 13.2. The van der Waals surface area contributed by atoms with Gasteiger partial charge in [0.2, 0.25) is 0 Å². The van der Waals surface area contributed by atoms with E-state index in [0.29, 0.717) is 10.8 Å². The van der Waals surface area contributed by atoms with E-state index in [2.05, 4.69) is 18.7 Å². The highest BCUT2D eigenvalue weighted by Gasteiger charge is 2.20. The van der Waals surface area contributed by atoms with Crippen molar-refractivity contribution in [2.45, 2.75) is 39.7 Å². The number of nitrogens with zero attached hydrogens (tertiary/aromatic N) is 1. The fraction of sp³-hybridized carbons (Fsp3) is 0.647. The smallest absolute Gasteiger partial charge is 0.176 e. The molecule has 0 radical (unpaired) electrons. The number of ether oxygens (including phenoxy) is 1. The highest BCUT2D eigenvalue weighted by molar-refractivity contribution is 6.32. The standard InChI is InChI=1S/C17H26ClNO2/c1-12(2)14-5-4-7-19(8-6-14)11-13-9-15(18)17(20)16(10-13)21-3/h9-10,12,14,20H,4-8,11H2,1-3H3. The summed E-state index contributed by atoms with van der Waals surface area (Å²) < 4.78 is 5.18. The van der Waals surface area contributed by atoms with Gasteiger partial charge in [0.15, 0.2) is 11.5 Å². The van der Waals surface area contributed by atoms with E-state index in [4.69, 9.17) is 16.3 Å². The number of rotatable bonds is 4. The lowest BCUT2D eigenvalue weighted by Gasteiger charge is -2.22. The van der Waals surface area contributed by atoms with Gasteiger partial charge in [-0.3, -0.25) is 4.90 Å². The summed E-state index contributed by atoms with van der Waals surface area (Å²) in [7, 11) is 1.55. The molecule has 21 heavy (non-hydrogen) atoms. The molecule has 1 heterocycles. The minimum Gasteiger partial charge on any atom is -0.503 e. The van der Waals surface area contributed by atoms with Crippen LogP contribution in [0.3, 0.4) is 0 Å². The second-order valence-electron chi connectivity index (χ2n) is 6.34. The number of halogens is 1. The third kappa shape index (κ3) is 4.27. The van der Waals surface area contributed by atoms with E-state index < -0.39 is 0 Å². The predicted molar refractivity (Wildman–Crippen MR) is 87.1 cm³/mol. The first-order valence-corrected chi connectivity index (χ1v) is 8.16. The third-order valence-corrected chi connectivity index (χ3v) is 4.81. The van der Waals surface area contributed by atoms with Crippen LogP contribution in [0.1, 0.15) is 38.7 Å². The summed E-state index contributed by atoms with van der Waals surface area (Å²) in [5.41, 5.74) is 1.10. The second-order valence-corrected chi connectivity index (χ2v) is 6.75. The molecule has 1 aliphatic heterocycles. The van der Waals surface area contributed by atoms with E-state index in [9.17, 15) is 5.11 Å². The number of hydrogen-bond donors (Lipinski definition) is 1. The Kier molecular flexibility index (Phi) is 5.77. The van der Waals surface area contributed by atoms with Crippen molar-refractivity contribution in [2.24, 2.45) is 11.8 Å². The number of phenolic OH excluding ortho intramolecular Hbond substituents is 1. The van der Waals surface area contributed by atoms with Crippen LogP contribution >= 0.6 is 11.6 Å². The lowest BCUT2D eigenvalue weighted by atomic mass is 9.89. The Balaban J connectivity index is 2.03. The molecule has 0 spiro atoms. The van der Waals surface area contributed by atoms with Crippen molar-refractivity contribution < 1.29 is 9.84 Å². The largest absolute Gasteiger partial charge is 0.503 e. The van der Waals surface area contributed by atoms with Crippen molar-refractivity contribution in [3.05, 3.63) is 22.7 Å². The number of likely N-dealkylation sites (tertiary alicyclic amines) is 1. The Hall–Kier alpha value is -0.930. The summed E-state index contributed by atoms with van der Waals surface area (Å²) in [6.45, 7) is 7.77. The summed E-state index contributed by atoms with van der Waals surface area (Å²) >= 11 is 6.06. The summed E-state index contributed by atoms with van der Waals surface area (Å²) in [5.74, 6) is 2.09. The molecule has 1 fully saturated rings. The van der Waals surface area contributed by atoms with Crippen LogP contribution in [0.15, 0.2) is 12.1 Å². The van der Waals surface area contributed by atoms with E-state index in [-0.39, 0.29) is 5.75 Å². The quantitative estimate of drug-likeness (QED) is 0.899. The normalized spacial score (nSPS) is 20.5. The molecule has 0 saturated carbocycles. The van der Waals surface area contributed by atoms with E-state index in [1.807, 2.05) is 12.1 Å².